The van der Waals surface area contributed by atoms with E-state index in [2.05, 4.69) is 16.5 Å². The molecule has 0 spiro atoms. The quantitative estimate of drug-likeness (QED) is 0.883. The van der Waals surface area contributed by atoms with Crippen molar-refractivity contribution in [3.05, 3.63) is 53.3 Å². The molecule has 0 aliphatic heterocycles. The average molecular weight is 296 g/mol. The molecule has 1 heterocycles. The second kappa shape index (κ2) is 7.41. The van der Waals surface area contributed by atoms with Gasteiger partial charge in [-0.1, -0.05) is 30.3 Å². The van der Waals surface area contributed by atoms with E-state index in [1.54, 1.807) is 4.68 Å². The van der Waals surface area contributed by atoms with Crippen LogP contribution in [0.1, 0.15) is 16.8 Å². The van der Waals surface area contributed by atoms with Gasteiger partial charge in [-0.3, -0.25) is 9.48 Å². The summed E-state index contributed by atoms with van der Waals surface area (Å²) in [6.45, 7) is 2.42. The Balaban J connectivity index is 1.87. The third-order valence-electron chi connectivity index (χ3n) is 3.57. The number of nitriles is 1. The van der Waals surface area contributed by atoms with Crippen molar-refractivity contribution in [1.29, 1.82) is 5.26 Å². The molecule has 2 aromatic rings. The molecule has 0 saturated heterocycles. The van der Waals surface area contributed by atoms with Gasteiger partial charge in [0.25, 0.3) is 0 Å². The number of nitrogens with zero attached hydrogens (tertiary/aromatic N) is 3. The van der Waals surface area contributed by atoms with Gasteiger partial charge in [0, 0.05) is 26.2 Å². The predicted octanol–water partition coefficient (Wildman–Crippen LogP) is 1.77. The maximum absolute atomic E-state index is 12.1. The summed E-state index contributed by atoms with van der Waals surface area (Å²) in [6.07, 6.45) is 3.01. The number of carbonyl (C=O) groups excluding carboxylic acids is 1. The van der Waals surface area contributed by atoms with Crippen molar-refractivity contribution in [2.45, 2.75) is 19.8 Å². The minimum absolute atomic E-state index is 0.221. The Hall–Kier alpha value is -2.61. The van der Waals surface area contributed by atoms with E-state index in [1.165, 1.54) is 5.56 Å². The molecule has 114 valence electrons. The Bertz CT molecular complexity index is 670. The lowest BCUT2D eigenvalue weighted by molar-refractivity contribution is -0.123. The van der Waals surface area contributed by atoms with Crippen molar-refractivity contribution in [3.63, 3.8) is 0 Å². The summed E-state index contributed by atoms with van der Waals surface area (Å²) in [4.78, 5) is 12.1. The Morgan fingerprint density at radius 2 is 2.14 bits per heavy atom. The first-order valence-electron chi connectivity index (χ1n) is 7.30. The van der Waals surface area contributed by atoms with Crippen molar-refractivity contribution in [1.82, 2.24) is 15.1 Å². The maximum Gasteiger partial charge on any atom is 0.237 e. The first-order chi connectivity index (χ1) is 10.6. The largest absolute Gasteiger partial charge is 0.355 e. The molecular weight excluding hydrogens is 276 g/mol. The molecule has 5 nitrogen and oxygen atoms in total. The Labute approximate surface area is 130 Å². The zero-order valence-electron chi connectivity index (χ0n) is 12.9. The van der Waals surface area contributed by atoms with Crippen LogP contribution in [0.5, 0.6) is 0 Å². The van der Waals surface area contributed by atoms with Crippen molar-refractivity contribution < 1.29 is 4.79 Å². The molecule has 0 aliphatic carbocycles. The first-order valence-corrected chi connectivity index (χ1v) is 7.30. The van der Waals surface area contributed by atoms with Gasteiger partial charge >= 0.3 is 0 Å². The summed E-state index contributed by atoms with van der Waals surface area (Å²) in [5.41, 5.74) is 2.96. The van der Waals surface area contributed by atoms with Crippen LogP contribution in [-0.2, 0) is 24.7 Å². The van der Waals surface area contributed by atoms with E-state index >= 15 is 0 Å². The summed E-state index contributed by atoms with van der Waals surface area (Å²) in [5.74, 6) is -0.902. The van der Waals surface area contributed by atoms with E-state index < -0.39 is 5.92 Å². The van der Waals surface area contributed by atoms with Gasteiger partial charge in [0.1, 0.15) is 5.92 Å². The van der Waals surface area contributed by atoms with Crippen molar-refractivity contribution >= 4 is 5.91 Å². The van der Waals surface area contributed by atoms with Gasteiger partial charge in [-0.15, -0.1) is 0 Å². The van der Waals surface area contributed by atoms with Crippen LogP contribution in [0.3, 0.4) is 0 Å². The second-order valence-electron chi connectivity index (χ2n) is 5.33. The number of benzene rings is 1. The van der Waals surface area contributed by atoms with Crippen LogP contribution in [0.2, 0.25) is 0 Å². The first kappa shape index (κ1) is 15.8. The van der Waals surface area contributed by atoms with Crippen LogP contribution in [0.4, 0.5) is 0 Å². The molecule has 1 atom stereocenters. The molecule has 2 rings (SSSR count). The van der Waals surface area contributed by atoms with E-state index in [9.17, 15) is 10.1 Å². The van der Waals surface area contributed by atoms with E-state index in [-0.39, 0.29) is 5.91 Å². The Morgan fingerprint density at radius 3 is 2.73 bits per heavy atom. The van der Waals surface area contributed by atoms with Gasteiger partial charge in [0.05, 0.1) is 11.8 Å². The van der Waals surface area contributed by atoms with Crippen LogP contribution in [0.25, 0.3) is 0 Å². The number of nitrogens with one attached hydrogen (secondary N) is 1. The van der Waals surface area contributed by atoms with Crippen molar-refractivity contribution in [2.75, 3.05) is 6.54 Å². The summed E-state index contributed by atoms with van der Waals surface area (Å²) in [6, 6.07) is 12.0. The van der Waals surface area contributed by atoms with Crippen LogP contribution in [0.15, 0.2) is 36.5 Å². The number of rotatable bonds is 6. The summed E-state index contributed by atoms with van der Waals surface area (Å²) in [5, 5.41) is 16.3. The third-order valence-corrected chi connectivity index (χ3v) is 3.57. The number of aromatic nitrogens is 2. The lowest BCUT2D eigenvalue weighted by atomic mass is 10.0. The molecule has 5 heteroatoms. The highest BCUT2D eigenvalue weighted by molar-refractivity contribution is 5.81. The zero-order chi connectivity index (χ0) is 15.9. The molecule has 1 amide bonds. The van der Waals surface area contributed by atoms with Gasteiger partial charge in [-0.05, 0) is 24.5 Å². The van der Waals surface area contributed by atoms with Crippen LogP contribution in [0, 0.1) is 24.2 Å². The normalized spacial score (nSPS) is 11.7. The summed E-state index contributed by atoms with van der Waals surface area (Å²) < 4.78 is 1.70. The third kappa shape index (κ3) is 4.19. The Kier molecular flexibility index (Phi) is 5.31. The van der Waals surface area contributed by atoms with Gasteiger partial charge in [0.15, 0.2) is 0 Å². The lowest BCUT2D eigenvalue weighted by Gasteiger charge is -2.10. The standard InChI is InChI=1S/C17H20N4O/c1-13-16(12-21(2)20-13)10-15(11-18)17(22)19-9-8-14-6-4-3-5-7-14/h3-7,12,15H,8-10H2,1-2H3,(H,19,22)/t15-/m1/s1. The predicted molar refractivity (Wildman–Crippen MR) is 83.9 cm³/mol. The fraction of sp³-hybridized carbons (Fsp3) is 0.353. The number of amides is 1. The zero-order valence-corrected chi connectivity index (χ0v) is 12.9. The van der Waals surface area contributed by atoms with Gasteiger partial charge in [0.2, 0.25) is 5.91 Å². The minimum atomic E-state index is -0.682. The number of hydrogen-bond acceptors (Lipinski definition) is 3. The van der Waals surface area contributed by atoms with E-state index in [0.29, 0.717) is 13.0 Å². The number of carbonyl (C=O) groups is 1. The second-order valence-corrected chi connectivity index (χ2v) is 5.33. The average Bonchev–Trinajstić information content (AvgIpc) is 2.83. The van der Waals surface area contributed by atoms with E-state index in [0.717, 1.165) is 17.7 Å². The molecular formula is C17H20N4O. The van der Waals surface area contributed by atoms with Gasteiger partial charge in [-0.25, -0.2) is 0 Å². The maximum atomic E-state index is 12.1. The van der Waals surface area contributed by atoms with E-state index in [1.807, 2.05) is 50.5 Å². The molecule has 22 heavy (non-hydrogen) atoms. The van der Waals surface area contributed by atoms with Gasteiger partial charge < -0.3 is 5.32 Å². The highest BCUT2D eigenvalue weighted by atomic mass is 16.1. The molecule has 1 aromatic carbocycles. The molecule has 1 aromatic heterocycles. The minimum Gasteiger partial charge on any atom is -0.355 e. The summed E-state index contributed by atoms with van der Waals surface area (Å²) >= 11 is 0. The summed E-state index contributed by atoms with van der Waals surface area (Å²) in [7, 11) is 1.83. The lowest BCUT2D eigenvalue weighted by Crippen LogP contribution is -2.32. The SMILES string of the molecule is Cc1nn(C)cc1C[C@H](C#N)C(=O)NCCc1ccccc1. The van der Waals surface area contributed by atoms with Gasteiger partial charge in [-0.2, -0.15) is 10.4 Å². The van der Waals surface area contributed by atoms with Crippen LogP contribution in [-0.4, -0.2) is 22.2 Å². The van der Waals surface area contributed by atoms with Crippen molar-refractivity contribution in [2.24, 2.45) is 13.0 Å². The molecule has 1 N–H and O–H groups in total. The molecule has 0 aliphatic rings. The molecule has 0 saturated carbocycles. The van der Waals surface area contributed by atoms with E-state index in [4.69, 9.17) is 0 Å². The highest BCUT2D eigenvalue weighted by Crippen LogP contribution is 2.12. The number of hydrogen-bond donors (Lipinski definition) is 1. The van der Waals surface area contributed by atoms with Crippen molar-refractivity contribution in [3.8, 4) is 6.07 Å². The molecule has 0 unspecified atom stereocenters. The van der Waals surface area contributed by atoms with Crippen LogP contribution < -0.4 is 5.32 Å². The Morgan fingerprint density at radius 1 is 1.41 bits per heavy atom. The monoisotopic (exact) mass is 296 g/mol. The molecule has 0 bridgehead atoms. The molecule has 0 fully saturated rings. The highest BCUT2D eigenvalue weighted by Gasteiger charge is 2.20. The molecule has 0 radical (unpaired) electrons. The number of aryl methyl sites for hydroxylation is 2. The topological polar surface area (TPSA) is 70.7 Å². The smallest absolute Gasteiger partial charge is 0.237 e. The van der Waals surface area contributed by atoms with Crippen LogP contribution >= 0.6 is 0 Å². The fourth-order valence-corrected chi connectivity index (χ4v) is 2.36. The fourth-order valence-electron chi connectivity index (χ4n) is 2.36.